The molecule has 0 bridgehead atoms. The van der Waals surface area contributed by atoms with Crippen molar-refractivity contribution in [3.8, 4) is 6.07 Å². The van der Waals surface area contributed by atoms with Crippen LogP contribution in [0.15, 0.2) is 36.5 Å². The molecule has 0 saturated carbocycles. The topological polar surface area (TPSA) is 61.0 Å². The lowest BCUT2D eigenvalue weighted by molar-refractivity contribution is 0.299. The van der Waals surface area contributed by atoms with Crippen molar-refractivity contribution < 1.29 is 5.11 Å². The number of aliphatic hydroxyl groups excluding tert-OH is 1. The van der Waals surface area contributed by atoms with E-state index in [1.807, 2.05) is 48.1 Å². The number of aromatic nitrogens is 1. The van der Waals surface area contributed by atoms with Crippen LogP contribution in [0, 0.1) is 11.3 Å². The summed E-state index contributed by atoms with van der Waals surface area (Å²) in [4.78, 5) is 0. The maximum absolute atomic E-state index is 8.89. The van der Waals surface area contributed by atoms with E-state index in [0.717, 1.165) is 16.8 Å². The third-order valence-corrected chi connectivity index (χ3v) is 3.03. The fourth-order valence-corrected chi connectivity index (χ4v) is 1.96. The molecule has 2 rings (SSSR count). The molecule has 2 N–H and O–H groups in total. The molecule has 98 valence electrons. The molecule has 2 aromatic rings. The minimum atomic E-state index is 0.174. The molecule has 0 unspecified atom stereocenters. The van der Waals surface area contributed by atoms with Gasteiger partial charge in [-0.3, -0.25) is 0 Å². The maximum Gasteiger partial charge on any atom is 0.120 e. The van der Waals surface area contributed by atoms with Crippen molar-refractivity contribution in [2.45, 2.75) is 13.0 Å². The minimum absolute atomic E-state index is 0.174. The normalized spacial score (nSPS) is 10.2. The average molecular weight is 255 g/mol. The molecule has 0 saturated heterocycles. The Hall–Kier alpha value is -2.25. The number of hydrogen-bond donors (Lipinski definition) is 2. The fourth-order valence-electron chi connectivity index (χ4n) is 1.96. The van der Waals surface area contributed by atoms with E-state index in [1.54, 1.807) is 0 Å². The molecule has 0 aliphatic heterocycles. The monoisotopic (exact) mass is 255 g/mol. The van der Waals surface area contributed by atoms with Crippen LogP contribution in [-0.4, -0.2) is 16.3 Å². The summed E-state index contributed by atoms with van der Waals surface area (Å²) in [6.45, 7) is 0.864. The van der Waals surface area contributed by atoms with Gasteiger partial charge in [-0.15, -0.1) is 0 Å². The van der Waals surface area contributed by atoms with Crippen molar-refractivity contribution >= 4 is 5.69 Å². The van der Waals surface area contributed by atoms with Gasteiger partial charge in [0, 0.05) is 32.1 Å². The molecule has 19 heavy (non-hydrogen) atoms. The Morgan fingerprint density at radius 1 is 1.26 bits per heavy atom. The SMILES string of the molecule is Cn1cc(CNc2ccc(CCO)cc2)cc1C#N. The molecule has 0 aliphatic carbocycles. The molecular formula is C15H17N3O. The Balaban J connectivity index is 1.96. The van der Waals surface area contributed by atoms with Gasteiger partial charge in [0.2, 0.25) is 0 Å². The summed E-state index contributed by atoms with van der Waals surface area (Å²) in [5.74, 6) is 0. The van der Waals surface area contributed by atoms with E-state index in [1.165, 1.54) is 0 Å². The Morgan fingerprint density at radius 3 is 2.58 bits per heavy atom. The zero-order valence-corrected chi connectivity index (χ0v) is 10.9. The van der Waals surface area contributed by atoms with Crippen LogP contribution in [0.3, 0.4) is 0 Å². The van der Waals surface area contributed by atoms with E-state index < -0.39 is 0 Å². The van der Waals surface area contributed by atoms with Gasteiger partial charge in [0.05, 0.1) is 0 Å². The second-order valence-electron chi connectivity index (χ2n) is 4.48. The van der Waals surface area contributed by atoms with Crippen molar-refractivity contribution in [2.75, 3.05) is 11.9 Å². The molecular weight excluding hydrogens is 238 g/mol. The Bertz CT molecular complexity index is 578. The van der Waals surface area contributed by atoms with Gasteiger partial charge in [0.25, 0.3) is 0 Å². The third kappa shape index (κ3) is 3.36. The Labute approximate surface area is 112 Å². The van der Waals surface area contributed by atoms with Crippen LogP contribution in [0.4, 0.5) is 5.69 Å². The van der Waals surface area contributed by atoms with Crippen LogP contribution in [0.1, 0.15) is 16.8 Å². The number of aliphatic hydroxyl groups is 1. The van der Waals surface area contributed by atoms with Crippen LogP contribution in [0.2, 0.25) is 0 Å². The zero-order chi connectivity index (χ0) is 13.7. The highest BCUT2D eigenvalue weighted by Crippen LogP contribution is 2.13. The van der Waals surface area contributed by atoms with Crippen LogP contribution in [0.5, 0.6) is 0 Å². The quantitative estimate of drug-likeness (QED) is 0.859. The Morgan fingerprint density at radius 2 is 2.00 bits per heavy atom. The lowest BCUT2D eigenvalue weighted by Gasteiger charge is -2.06. The van der Waals surface area contributed by atoms with Crippen LogP contribution in [-0.2, 0) is 20.0 Å². The van der Waals surface area contributed by atoms with Crippen LogP contribution in [0.25, 0.3) is 0 Å². The van der Waals surface area contributed by atoms with E-state index in [-0.39, 0.29) is 6.61 Å². The first-order valence-electron chi connectivity index (χ1n) is 6.22. The highest BCUT2D eigenvalue weighted by atomic mass is 16.2. The Kier molecular flexibility index (Phi) is 4.22. The fraction of sp³-hybridized carbons (Fsp3) is 0.267. The highest BCUT2D eigenvalue weighted by Gasteiger charge is 2.02. The number of nitriles is 1. The summed E-state index contributed by atoms with van der Waals surface area (Å²) >= 11 is 0. The summed E-state index contributed by atoms with van der Waals surface area (Å²) in [5.41, 5.74) is 3.90. The van der Waals surface area contributed by atoms with E-state index in [0.29, 0.717) is 18.7 Å². The predicted molar refractivity (Wildman–Crippen MR) is 74.7 cm³/mol. The smallest absolute Gasteiger partial charge is 0.120 e. The van der Waals surface area contributed by atoms with E-state index in [4.69, 9.17) is 10.4 Å². The summed E-state index contributed by atoms with van der Waals surface area (Å²) in [6, 6.07) is 12.0. The summed E-state index contributed by atoms with van der Waals surface area (Å²) in [5, 5.41) is 21.0. The first-order valence-corrected chi connectivity index (χ1v) is 6.22. The number of aryl methyl sites for hydroxylation is 1. The minimum Gasteiger partial charge on any atom is -0.396 e. The number of rotatable bonds is 5. The number of hydrogen-bond acceptors (Lipinski definition) is 3. The average Bonchev–Trinajstić information content (AvgIpc) is 2.79. The van der Waals surface area contributed by atoms with Crippen molar-refractivity contribution in [3.63, 3.8) is 0 Å². The van der Waals surface area contributed by atoms with Gasteiger partial charge >= 0.3 is 0 Å². The molecule has 4 nitrogen and oxygen atoms in total. The molecule has 4 heteroatoms. The zero-order valence-electron chi connectivity index (χ0n) is 10.9. The number of benzene rings is 1. The van der Waals surface area contributed by atoms with Crippen molar-refractivity contribution in [1.82, 2.24) is 4.57 Å². The van der Waals surface area contributed by atoms with E-state index in [2.05, 4.69) is 11.4 Å². The van der Waals surface area contributed by atoms with Crippen molar-refractivity contribution in [2.24, 2.45) is 7.05 Å². The lowest BCUT2D eigenvalue weighted by Crippen LogP contribution is -1.98. The number of nitrogens with one attached hydrogen (secondary N) is 1. The van der Waals surface area contributed by atoms with Gasteiger partial charge in [-0.1, -0.05) is 12.1 Å². The lowest BCUT2D eigenvalue weighted by atomic mass is 10.1. The van der Waals surface area contributed by atoms with Gasteiger partial charge < -0.3 is 15.0 Å². The summed E-state index contributed by atoms with van der Waals surface area (Å²) in [6.07, 6.45) is 2.64. The molecule has 0 amide bonds. The van der Waals surface area contributed by atoms with Gasteiger partial charge in [-0.2, -0.15) is 5.26 Å². The van der Waals surface area contributed by atoms with Gasteiger partial charge in [0.15, 0.2) is 0 Å². The van der Waals surface area contributed by atoms with Gasteiger partial charge in [-0.25, -0.2) is 0 Å². The predicted octanol–water partition coefficient (Wildman–Crippen LogP) is 2.04. The second kappa shape index (κ2) is 6.07. The van der Waals surface area contributed by atoms with Crippen LogP contribution < -0.4 is 5.32 Å². The largest absolute Gasteiger partial charge is 0.396 e. The van der Waals surface area contributed by atoms with Gasteiger partial charge in [-0.05, 0) is 35.7 Å². The van der Waals surface area contributed by atoms with Gasteiger partial charge in [0.1, 0.15) is 11.8 Å². The molecule has 0 aliphatic rings. The van der Waals surface area contributed by atoms with Crippen molar-refractivity contribution in [3.05, 3.63) is 53.3 Å². The second-order valence-corrected chi connectivity index (χ2v) is 4.48. The van der Waals surface area contributed by atoms with E-state index in [9.17, 15) is 0 Å². The summed E-state index contributed by atoms with van der Waals surface area (Å²) in [7, 11) is 1.87. The molecule has 1 aromatic heterocycles. The number of nitrogens with zero attached hydrogens (tertiary/aromatic N) is 2. The molecule has 1 aromatic carbocycles. The van der Waals surface area contributed by atoms with Crippen LogP contribution >= 0.6 is 0 Å². The molecule has 0 fully saturated rings. The first kappa shape index (κ1) is 13.2. The van der Waals surface area contributed by atoms with Crippen molar-refractivity contribution in [1.29, 1.82) is 5.26 Å². The summed E-state index contributed by atoms with van der Waals surface area (Å²) < 4.78 is 1.82. The number of anilines is 1. The standard InChI is InChI=1S/C15H17N3O/c1-18-11-13(8-15(18)9-16)10-17-14-4-2-12(3-5-14)6-7-19/h2-5,8,11,17,19H,6-7,10H2,1H3. The molecule has 0 radical (unpaired) electrons. The third-order valence-electron chi connectivity index (χ3n) is 3.03. The molecule has 0 atom stereocenters. The molecule has 0 spiro atoms. The first-order chi connectivity index (χ1) is 9.22. The highest BCUT2D eigenvalue weighted by molar-refractivity contribution is 5.45. The molecule has 1 heterocycles. The maximum atomic E-state index is 8.89. The van der Waals surface area contributed by atoms with E-state index >= 15 is 0 Å².